The zero-order valence-electron chi connectivity index (χ0n) is 18.6. The van der Waals surface area contributed by atoms with Crippen LogP contribution in [0.1, 0.15) is 39.0 Å². The summed E-state index contributed by atoms with van der Waals surface area (Å²) in [6, 6.07) is 1.05. The van der Waals surface area contributed by atoms with E-state index in [9.17, 15) is 14.1 Å². The fourth-order valence-electron chi connectivity index (χ4n) is 8.38. The Labute approximate surface area is 182 Å². The van der Waals surface area contributed by atoms with Gasteiger partial charge in [-0.1, -0.05) is 0 Å². The van der Waals surface area contributed by atoms with E-state index >= 15 is 0 Å². The number of carbonyl (C=O) groups is 1. The van der Waals surface area contributed by atoms with Gasteiger partial charge < -0.3 is 20.1 Å². The van der Waals surface area contributed by atoms with Crippen molar-refractivity contribution in [3.05, 3.63) is 0 Å². The summed E-state index contributed by atoms with van der Waals surface area (Å²) in [5, 5.41) is 13.7. The molecule has 170 valence electrons. The molecular formula is C22H37N3O4S. The van der Waals surface area contributed by atoms with Crippen molar-refractivity contribution in [1.82, 2.24) is 15.1 Å². The van der Waals surface area contributed by atoms with E-state index in [1.807, 2.05) is 6.26 Å². The summed E-state index contributed by atoms with van der Waals surface area (Å²) in [6.07, 6.45) is 6.26. The van der Waals surface area contributed by atoms with E-state index in [-0.39, 0.29) is 41.5 Å². The van der Waals surface area contributed by atoms with Crippen LogP contribution in [-0.2, 0) is 20.3 Å². The first-order chi connectivity index (χ1) is 14.3. The van der Waals surface area contributed by atoms with Crippen LogP contribution in [0.25, 0.3) is 0 Å². The Morgan fingerprint density at radius 2 is 1.90 bits per heavy atom. The highest BCUT2D eigenvalue weighted by Crippen LogP contribution is 2.58. The molecule has 0 aromatic heterocycles. The molecule has 5 rings (SSSR count). The zero-order valence-corrected chi connectivity index (χ0v) is 19.4. The summed E-state index contributed by atoms with van der Waals surface area (Å²) >= 11 is 0. The number of hydrogen-bond acceptors (Lipinski definition) is 6. The summed E-state index contributed by atoms with van der Waals surface area (Å²) < 4.78 is 19.0. The Balaban J connectivity index is 1.61. The van der Waals surface area contributed by atoms with Gasteiger partial charge in [-0.25, -0.2) is 0 Å². The number of aliphatic hydroxyl groups excluding tert-OH is 1. The summed E-state index contributed by atoms with van der Waals surface area (Å²) in [4.78, 5) is 17.3. The molecule has 0 aromatic carbocycles. The minimum absolute atomic E-state index is 0.00201. The Morgan fingerprint density at radius 3 is 2.57 bits per heavy atom. The van der Waals surface area contributed by atoms with Crippen LogP contribution in [0.15, 0.2) is 0 Å². The van der Waals surface area contributed by atoms with E-state index in [4.69, 9.17) is 4.74 Å². The first-order valence-corrected chi connectivity index (χ1v) is 13.2. The van der Waals surface area contributed by atoms with Crippen molar-refractivity contribution >= 4 is 16.7 Å². The number of hydrogen-bond donors (Lipinski definition) is 2. The number of amides is 1. The molecule has 0 spiro atoms. The number of fused-ring (bicyclic) bond motifs is 3. The van der Waals surface area contributed by atoms with E-state index < -0.39 is 10.8 Å². The average molecular weight is 440 g/mol. The normalized spacial score (nSPS) is 51.7. The number of carbonyl (C=O) groups excluding carboxylic acids is 1. The van der Waals surface area contributed by atoms with Gasteiger partial charge in [-0.15, -0.1) is 0 Å². The number of ether oxygens (including phenoxy) is 1. The number of aliphatic hydroxyl groups is 1. The third kappa shape index (κ3) is 3.04. The molecule has 1 amide bonds. The van der Waals surface area contributed by atoms with Crippen LogP contribution in [0.3, 0.4) is 0 Å². The molecule has 2 aliphatic carbocycles. The van der Waals surface area contributed by atoms with Crippen molar-refractivity contribution in [3.8, 4) is 0 Å². The second kappa shape index (κ2) is 7.80. The summed E-state index contributed by atoms with van der Waals surface area (Å²) in [5.41, 5.74) is 0. The number of likely N-dealkylation sites (tertiary alicyclic amines) is 1. The molecule has 0 bridgehead atoms. The molecule has 3 heterocycles. The van der Waals surface area contributed by atoms with Crippen LogP contribution in [0.4, 0.5) is 0 Å². The van der Waals surface area contributed by atoms with Crippen molar-refractivity contribution in [3.63, 3.8) is 0 Å². The lowest BCUT2D eigenvalue weighted by molar-refractivity contribution is -0.123. The summed E-state index contributed by atoms with van der Waals surface area (Å²) in [7, 11) is 2.99. The maximum atomic E-state index is 12.9. The van der Waals surface area contributed by atoms with Crippen LogP contribution in [0.5, 0.6) is 0 Å². The molecule has 8 heteroatoms. The van der Waals surface area contributed by atoms with Crippen LogP contribution in [-0.4, -0.2) is 93.7 Å². The van der Waals surface area contributed by atoms with Gasteiger partial charge >= 0.3 is 0 Å². The molecular weight excluding hydrogens is 402 g/mol. The van der Waals surface area contributed by atoms with Gasteiger partial charge in [-0.2, -0.15) is 0 Å². The molecule has 12 unspecified atom stereocenters. The topological polar surface area (TPSA) is 82.1 Å². The second-order valence-electron chi connectivity index (χ2n) is 10.4. The smallest absolute Gasteiger partial charge is 0.218 e. The van der Waals surface area contributed by atoms with Crippen molar-refractivity contribution in [2.45, 2.75) is 80.8 Å². The number of rotatable bonds is 3. The molecule has 3 aliphatic heterocycles. The van der Waals surface area contributed by atoms with Gasteiger partial charge in [0.05, 0.1) is 23.6 Å². The minimum Gasteiger partial charge on any atom is -0.393 e. The predicted octanol–water partition coefficient (Wildman–Crippen LogP) is 0.395. The molecule has 12 atom stereocenters. The maximum Gasteiger partial charge on any atom is 0.218 e. The molecule has 0 aromatic rings. The quantitative estimate of drug-likeness (QED) is 0.662. The van der Waals surface area contributed by atoms with E-state index in [2.05, 4.69) is 22.2 Å². The van der Waals surface area contributed by atoms with Crippen molar-refractivity contribution < 1.29 is 18.8 Å². The Hall–Kier alpha value is -0.540. The monoisotopic (exact) mass is 439 g/mol. The van der Waals surface area contributed by atoms with Gasteiger partial charge in [-0.05, 0) is 69.4 Å². The number of piperidine rings is 1. The largest absolute Gasteiger partial charge is 0.393 e. The zero-order chi connectivity index (χ0) is 21.3. The lowest BCUT2D eigenvalue weighted by Gasteiger charge is -2.50. The molecule has 2 N–H and O–H groups in total. The molecule has 30 heavy (non-hydrogen) atoms. The molecule has 7 nitrogen and oxygen atoms in total. The van der Waals surface area contributed by atoms with E-state index in [0.29, 0.717) is 29.8 Å². The number of methoxy groups -OCH3 is 1. The van der Waals surface area contributed by atoms with Crippen molar-refractivity contribution in [2.24, 2.45) is 23.7 Å². The third-order valence-corrected chi connectivity index (χ3v) is 10.5. The first-order valence-electron chi connectivity index (χ1n) is 11.6. The Bertz CT molecular complexity index is 722. The highest BCUT2D eigenvalue weighted by atomic mass is 32.2. The fraction of sp³-hybridized carbons (Fsp3) is 0.955. The Kier molecular flexibility index (Phi) is 5.54. The molecule has 3 saturated heterocycles. The highest BCUT2D eigenvalue weighted by Gasteiger charge is 2.67. The van der Waals surface area contributed by atoms with Crippen molar-refractivity contribution in [2.75, 3.05) is 27.0 Å². The van der Waals surface area contributed by atoms with E-state index in [1.54, 1.807) is 14.0 Å². The predicted molar refractivity (Wildman–Crippen MR) is 115 cm³/mol. The van der Waals surface area contributed by atoms with E-state index in [1.165, 1.54) is 0 Å². The van der Waals surface area contributed by atoms with Gasteiger partial charge in [0, 0.05) is 49.2 Å². The molecule has 5 aliphatic rings. The maximum absolute atomic E-state index is 12.9. The van der Waals surface area contributed by atoms with Gasteiger partial charge in [0.2, 0.25) is 5.91 Å². The minimum atomic E-state index is -0.986. The summed E-state index contributed by atoms with van der Waals surface area (Å²) in [5.74, 6) is 1.68. The van der Waals surface area contributed by atoms with Gasteiger partial charge in [0.15, 0.2) is 0 Å². The van der Waals surface area contributed by atoms with Gasteiger partial charge in [-0.3, -0.25) is 13.9 Å². The SMILES string of the molecule is COC1C2C3C(CC(NC(C)=O)N4C5CCC(O)CC5C(CCN2C)C34)C1S(C)=O. The van der Waals surface area contributed by atoms with Gasteiger partial charge in [0.1, 0.15) is 0 Å². The number of likely N-dealkylation sites (N-methyl/N-ethyl adjacent to an activating group) is 1. The standard InChI is InChI=1S/C22H37N3O4S/c1-11(26)23-17-10-15-18-19-13(14-9-12(27)5-6-16(14)25(17)19)7-8-24(2)20(18)21(29-3)22(15)30(4)28/h12-22,27H,5-10H2,1-4H3,(H,23,26). The number of nitrogens with zero attached hydrogens (tertiary/aromatic N) is 2. The molecule has 0 radical (unpaired) electrons. The average Bonchev–Trinajstić information content (AvgIpc) is 3.12. The fourth-order valence-corrected chi connectivity index (χ4v) is 9.81. The Morgan fingerprint density at radius 1 is 1.13 bits per heavy atom. The molecule has 2 saturated carbocycles. The number of nitrogens with one attached hydrogen (secondary N) is 1. The summed E-state index contributed by atoms with van der Waals surface area (Å²) in [6.45, 7) is 2.61. The first kappa shape index (κ1) is 21.3. The van der Waals surface area contributed by atoms with Crippen LogP contribution >= 0.6 is 0 Å². The van der Waals surface area contributed by atoms with Crippen molar-refractivity contribution in [1.29, 1.82) is 0 Å². The molecule has 5 fully saturated rings. The lowest BCUT2D eigenvalue weighted by Crippen LogP contribution is -2.62. The van der Waals surface area contributed by atoms with Crippen LogP contribution in [0, 0.1) is 23.7 Å². The highest BCUT2D eigenvalue weighted by molar-refractivity contribution is 7.85. The lowest BCUT2D eigenvalue weighted by atomic mass is 9.71. The van der Waals surface area contributed by atoms with Crippen LogP contribution in [0.2, 0.25) is 0 Å². The van der Waals surface area contributed by atoms with E-state index in [0.717, 1.165) is 38.6 Å². The van der Waals surface area contributed by atoms with Gasteiger partial charge in [0.25, 0.3) is 0 Å². The van der Waals surface area contributed by atoms with Crippen LogP contribution < -0.4 is 5.32 Å². The second-order valence-corrected chi connectivity index (χ2v) is 12.0. The third-order valence-electron chi connectivity index (χ3n) is 9.12.